The van der Waals surface area contributed by atoms with E-state index < -0.39 is 25.3 Å². The molecule has 1 saturated heterocycles. The van der Waals surface area contributed by atoms with E-state index in [0.29, 0.717) is 0 Å². The molecule has 0 aliphatic carbocycles. The van der Waals surface area contributed by atoms with Gasteiger partial charge in [0.25, 0.3) is 11.6 Å². The van der Waals surface area contributed by atoms with Crippen molar-refractivity contribution in [2.24, 2.45) is 0 Å². The number of ether oxygens (including phenoxy) is 2. The lowest BCUT2D eigenvalue weighted by Crippen LogP contribution is -2.20. The van der Waals surface area contributed by atoms with E-state index in [1.165, 1.54) is 10.9 Å². The third kappa shape index (κ3) is 3.02. The fourth-order valence-corrected chi connectivity index (χ4v) is 2.64. The fourth-order valence-electron chi connectivity index (χ4n) is 2.03. The largest absolute Gasteiger partial charge is 0.381 e. The number of nitrogens with one attached hydrogen (secondary N) is 1. The Labute approximate surface area is 123 Å². The van der Waals surface area contributed by atoms with Gasteiger partial charge in [-0.25, -0.2) is 4.98 Å². The quantitative estimate of drug-likeness (QED) is 0.422. The Bertz CT molecular complexity index is 782. The fraction of sp³-hybridized carbons (Fsp3) is 0.444. The Morgan fingerprint density at radius 2 is 2.27 bits per heavy atom. The summed E-state index contributed by atoms with van der Waals surface area (Å²) < 4.78 is 22.6. The molecule has 122 valence electrons. The lowest BCUT2D eigenvalue weighted by Gasteiger charge is -2.12. The maximum atomic E-state index is 11.6. The molecule has 0 radical (unpaired) electrons. The van der Waals surface area contributed by atoms with E-state index in [2.05, 4.69) is 15.0 Å². The van der Waals surface area contributed by atoms with Gasteiger partial charge in [0, 0.05) is 0 Å². The minimum absolute atomic E-state index is 0. The van der Waals surface area contributed by atoms with Gasteiger partial charge in [-0.15, -0.1) is 0 Å². The second-order valence-electron chi connectivity index (χ2n) is 4.51. The highest BCUT2D eigenvalue weighted by molar-refractivity contribution is 7.52. The summed E-state index contributed by atoms with van der Waals surface area (Å²) in [7, 11) is -4.46. The molecule has 13 heteroatoms. The summed E-state index contributed by atoms with van der Waals surface area (Å²) in [6.07, 6.45) is 0.780. The van der Waals surface area contributed by atoms with Crippen LogP contribution in [0.15, 0.2) is 11.1 Å². The first-order valence-electron chi connectivity index (χ1n) is 5.87. The zero-order valence-corrected chi connectivity index (χ0v) is 12.1. The molecule has 0 saturated carbocycles. The van der Waals surface area contributed by atoms with E-state index in [1.807, 2.05) is 0 Å². The summed E-state index contributed by atoms with van der Waals surface area (Å²) in [4.78, 5) is 39.8. The molecular formula is C9H15N6O6P. The summed E-state index contributed by atoms with van der Waals surface area (Å²) in [5, 5.41) is 0. The number of anilines is 1. The minimum Gasteiger partial charge on any atom is -0.369 e. The number of nitrogen functional groups attached to an aromatic ring is 1. The summed E-state index contributed by atoms with van der Waals surface area (Å²) in [6, 6.07) is -1.57. The van der Waals surface area contributed by atoms with Gasteiger partial charge in [0.2, 0.25) is 5.95 Å². The van der Waals surface area contributed by atoms with Crippen LogP contribution in [0.4, 0.5) is 5.95 Å². The predicted octanol–water partition coefficient (Wildman–Crippen LogP) is -1.26. The Balaban J connectivity index is 0.00000176. The van der Waals surface area contributed by atoms with Crippen molar-refractivity contribution in [2.45, 2.75) is 18.7 Å². The first-order valence-corrected chi connectivity index (χ1v) is 7.55. The second-order valence-corrected chi connectivity index (χ2v) is 6.11. The standard InChI is InChI=1S/C9H12N5O6P.H3N/c10-8-12-6-5(7(15)13-8)11-3-14(6)1-4-2-19-9(20-4)21(16,17)18;/h3-4,9H,1-2H2,(H2,16,17,18)(H3,10,12,13,15);1H3/t4-,9+;/m1./s1. The molecule has 0 unspecified atom stereocenters. The lowest BCUT2D eigenvalue weighted by molar-refractivity contribution is -0.0146. The van der Waals surface area contributed by atoms with E-state index in [9.17, 15) is 9.36 Å². The minimum atomic E-state index is -4.46. The van der Waals surface area contributed by atoms with Crippen molar-refractivity contribution in [2.75, 3.05) is 12.3 Å². The smallest absolute Gasteiger partial charge is 0.369 e. The number of rotatable bonds is 3. The topological polar surface area (TPSA) is 201 Å². The van der Waals surface area contributed by atoms with Gasteiger partial charge < -0.3 is 35.7 Å². The van der Waals surface area contributed by atoms with Crippen molar-refractivity contribution in [1.29, 1.82) is 0 Å². The highest BCUT2D eigenvalue weighted by atomic mass is 31.2. The van der Waals surface area contributed by atoms with Crippen LogP contribution in [0.2, 0.25) is 0 Å². The molecule has 3 rings (SSSR count). The van der Waals surface area contributed by atoms with Crippen LogP contribution in [0.25, 0.3) is 11.2 Å². The Morgan fingerprint density at radius 3 is 2.91 bits per heavy atom. The van der Waals surface area contributed by atoms with E-state index in [-0.39, 0.29) is 36.4 Å². The van der Waals surface area contributed by atoms with E-state index in [0.717, 1.165) is 0 Å². The number of imidazole rings is 1. The molecule has 0 spiro atoms. The van der Waals surface area contributed by atoms with Gasteiger partial charge in [-0.3, -0.25) is 14.3 Å². The van der Waals surface area contributed by atoms with E-state index in [1.54, 1.807) is 0 Å². The number of H-pyrrole nitrogens is 1. The van der Waals surface area contributed by atoms with Gasteiger partial charge >= 0.3 is 7.60 Å². The van der Waals surface area contributed by atoms with Crippen LogP contribution in [0.1, 0.15) is 0 Å². The van der Waals surface area contributed by atoms with Crippen LogP contribution in [0.3, 0.4) is 0 Å². The molecule has 1 aliphatic heterocycles. The average molecular weight is 334 g/mol. The SMILES string of the molecule is N.Nc1nc2c(ncn2C[C@@H]2CO[C@H](P(=O)(O)O)O2)c(=O)[nH]1. The van der Waals surface area contributed by atoms with Gasteiger partial charge in [0.05, 0.1) is 19.5 Å². The predicted molar refractivity (Wildman–Crippen MR) is 74.2 cm³/mol. The Kier molecular flexibility index (Phi) is 4.33. The Hall–Kier alpha value is -1.82. The third-order valence-electron chi connectivity index (χ3n) is 2.90. The average Bonchev–Trinajstić information content (AvgIpc) is 2.97. The molecule has 1 aliphatic rings. The molecule has 2 atom stereocenters. The third-order valence-corrected chi connectivity index (χ3v) is 3.72. The summed E-state index contributed by atoms with van der Waals surface area (Å²) >= 11 is 0. The molecule has 1 fully saturated rings. The van der Waals surface area contributed by atoms with Gasteiger partial charge in [-0.2, -0.15) is 4.98 Å². The molecule has 0 bridgehead atoms. The number of aromatic amines is 1. The molecule has 12 nitrogen and oxygen atoms in total. The van der Waals surface area contributed by atoms with Gasteiger partial charge in [0.15, 0.2) is 11.2 Å². The number of aromatic nitrogens is 4. The van der Waals surface area contributed by atoms with E-state index >= 15 is 0 Å². The maximum absolute atomic E-state index is 11.6. The number of fused-ring (bicyclic) bond motifs is 1. The molecule has 2 aromatic rings. The normalized spacial score (nSPS) is 21.9. The van der Waals surface area contributed by atoms with Crippen LogP contribution in [0, 0.1) is 0 Å². The number of nitrogens with zero attached hydrogens (tertiary/aromatic N) is 3. The van der Waals surface area contributed by atoms with Crippen LogP contribution in [0.5, 0.6) is 0 Å². The molecular weight excluding hydrogens is 319 g/mol. The zero-order valence-electron chi connectivity index (χ0n) is 11.2. The van der Waals surface area contributed by atoms with Crippen LogP contribution < -0.4 is 17.4 Å². The zero-order chi connectivity index (χ0) is 15.2. The highest BCUT2D eigenvalue weighted by Crippen LogP contribution is 2.45. The monoisotopic (exact) mass is 334 g/mol. The van der Waals surface area contributed by atoms with Crippen molar-refractivity contribution in [3.63, 3.8) is 0 Å². The lowest BCUT2D eigenvalue weighted by atomic mass is 10.4. The van der Waals surface area contributed by atoms with Gasteiger partial charge in [-0.05, 0) is 0 Å². The molecule has 0 amide bonds. The van der Waals surface area contributed by atoms with E-state index in [4.69, 9.17) is 25.0 Å². The second kappa shape index (κ2) is 5.76. The first-order chi connectivity index (χ1) is 9.84. The summed E-state index contributed by atoms with van der Waals surface area (Å²) in [5.41, 5.74) is 5.39. The van der Waals surface area contributed by atoms with Crippen molar-refractivity contribution >= 4 is 24.7 Å². The highest BCUT2D eigenvalue weighted by Gasteiger charge is 2.39. The molecule has 3 heterocycles. The maximum Gasteiger partial charge on any atom is 0.381 e. The van der Waals surface area contributed by atoms with Crippen LogP contribution in [-0.2, 0) is 20.6 Å². The molecule has 0 aromatic carbocycles. The van der Waals surface area contributed by atoms with Gasteiger partial charge in [0.1, 0.15) is 6.10 Å². The van der Waals surface area contributed by atoms with Crippen molar-refractivity contribution < 1.29 is 23.8 Å². The molecule has 2 aromatic heterocycles. The molecule has 22 heavy (non-hydrogen) atoms. The van der Waals surface area contributed by atoms with Crippen molar-refractivity contribution in [1.82, 2.24) is 25.7 Å². The van der Waals surface area contributed by atoms with Crippen LogP contribution >= 0.6 is 7.60 Å². The number of hydrogen-bond acceptors (Lipinski definition) is 8. The van der Waals surface area contributed by atoms with Crippen molar-refractivity contribution in [3.8, 4) is 0 Å². The van der Waals surface area contributed by atoms with Crippen LogP contribution in [-0.4, -0.2) is 48.0 Å². The summed E-state index contributed by atoms with van der Waals surface area (Å²) in [5.74, 6) is -0.0501. The molecule has 8 N–H and O–H groups in total. The number of nitrogens with two attached hydrogens (primary N) is 1. The van der Waals surface area contributed by atoms with Crippen molar-refractivity contribution in [3.05, 3.63) is 16.7 Å². The van der Waals surface area contributed by atoms with Gasteiger partial charge in [-0.1, -0.05) is 0 Å². The summed E-state index contributed by atoms with van der Waals surface area (Å²) in [6.45, 7) is 0.178. The Morgan fingerprint density at radius 1 is 1.55 bits per heavy atom. The first kappa shape index (κ1) is 16.5. The number of hydrogen-bond donors (Lipinski definition) is 5.